The second-order valence-corrected chi connectivity index (χ2v) is 19.1. The number of hydrogen-bond donors (Lipinski definition) is 2. The number of benzene rings is 2. The summed E-state index contributed by atoms with van der Waals surface area (Å²) < 4.78 is 12.4. The molecule has 0 aromatic heterocycles. The third-order valence-electron chi connectivity index (χ3n) is 16.7. The number of carboxylic acid groups (broad SMARTS) is 2. The molecule has 5 fully saturated rings. The molecule has 10 atom stereocenters. The van der Waals surface area contributed by atoms with Crippen LogP contribution >= 0.6 is 0 Å². The van der Waals surface area contributed by atoms with Gasteiger partial charge in [0.1, 0.15) is 6.10 Å². The number of carbonyl (C=O) groups is 4. The predicted octanol–water partition coefficient (Wildman–Crippen LogP) is 10.1. The number of carboxylic acids is 2. The predicted molar refractivity (Wildman–Crippen MR) is 205 cm³/mol. The van der Waals surface area contributed by atoms with Crippen molar-refractivity contribution in [2.45, 2.75) is 112 Å². The lowest BCUT2D eigenvalue weighted by atomic mass is 9.32. The maximum atomic E-state index is 13.5. The fourth-order valence-electron chi connectivity index (χ4n) is 13.9. The van der Waals surface area contributed by atoms with Gasteiger partial charge in [-0.05, 0) is 141 Å². The Balaban J connectivity index is 1.14. The fourth-order valence-corrected chi connectivity index (χ4v) is 13.9. The average Bonchev–Trinajstić information content (AvgIpc) is 3.52. The van der Waals surface area contributed by atoms with E-state index in [4.69, 9.17) is 9.47 Å². The van der Waals surface area contributed by atoms with Crippen LogP contribution in [0.15, 0.2) is 60.7 Å². The number of esters is 2. The molecule has 290 valence electrons. The van der Waals surface area contributed by atoms with E-state index >= 15 is 0 Å². The van der Waals surface area contributed by atoms with E-state index in [-0.39, 0.29) is 55.4 Å². The van der Waals surface area contributed by atoms with E-state index in [1.807, 2.05) is 0 Å². The summed E-state index contributed by atoms with van der Waals surface area (Å²) in [5.41, 5.74) is 1.09. The van der Waals surface area contributed by atoms with Crippen LogP contribution in [-0.2, 0) is 9.47 Å². The zero-order chi connectivity index (χ0) is 39.0. The van der Waals surface area contributed by atoms with Crippen LogP contribution in [0, 0.1) is 56.7 Å². The zero-order valence-electron chi connectivity index (χ0n) is 32.9. The SMILES string of the molecule is C=C(C)[C@@H]1CC[C@]2(COC(=O)c3ccccc3C(=O)O)CC[C@]3(C)[C@H](CC[C@@H]4[C@@]5(C)CC[C@H](OC(=O)c6ccccc6C(=O)O)C(C)(C)[C@@H]5CC[C@]43C)[C@@H]12. The van der Waals surface area contributed by atoms with Crippen LogP contribution in [0.3, 0.4) is 0 Å². The minimum atomic E-state index is -1.14. The van der Waals surface area contributed by atoms with Gasteiger partial charge < -0.3 is 19.7 Å². The van der Waals surface area contributed by atoms with Gasteiger partial charge in [-0.2, -0.15) is 0 Å². The number of ether oxygens (including phenoxy) is 2. The molecule has 0 aliphatic heterocycles. The van der Waals surface area contributed by atoms with Crippen molar-refractivity contribution in [1.29, 1.82) is 0 Å². The highest BCUT2D eigenvalue weighted by Crippen LogP contribution is 2.77. The van der Waals surface area contributed by atoms with Gasteiger partial charge in [-0.1, -0.05) is 71.0 Å². The number of hydrogen-bond acceptors (Lipinski definition) is 6. The molecule has 0 radical (unpaired) electrons. The van der Waals surface area contributed by atoms with Crippen LogP contribution in [-0.4, -0.2) is 46.8 Å². The molecular weight excluding hydrogens is 680 g/mol. The molecule has 0 bridgehead atoms. The molecule has 0 heterocycles. The molecule has 2 N–H and O–H groups in total. The molecule has 0 amide bonds. The molecule has 5 saturated carbocycles. The Hall–Kier alpha value is -3.94. The van der Waals surface area contributed by atoms with Crippen LogP contribution in [0.25, 0.3) is 0 Å². The van der Waals surface area contributed by atoms with Crippen molar-refractivity contribution in [3.8, 4) is 0 Å². The van der Waals surface area contributed by atoms with Gasteiger partial charge in [0.25, 0.3) is 0 Å². The monoisotopic (exact) mass is 738 g/mol. The molecule has 5 aliphatic carbocycles. The second-order valence-electron chi connectivity index (χ2n) is 19.1. The highest BCUT2D eigenvalue weighted by atomic mass is 16.5. The lowest BCUT2D eigenvalue weighted by Crippen LogP contribution is -2.67. The number of allylic oxidation sites excluding steroid dienone is 1. The minimum Gasteiger partial charge on any atom is -0.478 e. The normalized spacial score (nSPS) is 37.7. The van der Waals surface area contributed by atoms with Crippen LogP contribution in [0.2, 0.25) is 0 Å². The molecule has 54 heavy (non-hydrogen) atoms. The Morgan fingerprint density at radius 1 is 0.685 bits per heavy atom. The van der Waals surface area contributed by atoms with E-state index in [1.165, 1.54) is 17.7 Å². The van der Waals surface area contributed by atoms with Crippen molar-refractivity contribution in [1.82, 2.24) is 0 Å². The van der Waals surface area contributed by atoms with Gasteiger partial charge in [-0.25, -0.2) is 19.2 Å². The van der Waals surface area contributed by atoms with Crippen molar-refractivity contribution in [3.05, 3.63) is 82.9 Å². The van der Waals surface area contributed by atoms with E-state index in [0.717, 1.165) is 64.2 Å². The maximum absolute atomic E-state index is 13.5. The average molecular weight is 739 g/mol. The standard InChI is InChI=1S/C46H58O8/c1-27(2)28-18-23-46(26-53-40(51)31-14-10-8-12-29(31)38(47)48)25-24-44(6)33(37(28)46)16-17-35-43(5)21-20-36(42(3,4)34(43)19-22-45(35,44)7)54-41(52)32-15-11-9-13-30(32)39(49)50/h8-15,28,33-37H,1,16-26H2,2-7H3,(H,47,48)(H,49,50)/t28-,33+,34-,35+,36-,37+,43-,44+,45+,46+/m0/s1. The Bertz CT molecular complexity index is 1880. The van der Waals surface area contributed by atoms with Crippen molar-refractivity contribution in [2.24, 2.45) is 56.7 Å². The fraction of sp³-hybridized carbons (Fsp3) is 0.609. The van der Waals surface area contributed by atoms with Gasteiger partial charge in [0, 0.05) is 10.8 Å². The molecule has 8 nitrogen and oxygen atoms in total. The quantitative estimate of drug-likeness (QED) is 0.202. The van der Waals surface area contributed by atoms with Gasteiger partial charge in [0.2, 0.25) is 0 Å². The van der Waals surface area contributed by atoms with Crippen molar-refractivity contribution < 1.29 is 38.9 Å². The zero-order valence-corrected chi connectivity index (χ0v) is 32.9. The molecule has 0 spiro atoms. The van der Waals surface area contributed by atoms with Crippen LogP contribution in [0.5, 0.6) is 0 Å². The van der Waals surface area contributed by atoms with E-state index in [1.54, 1.807) is 36.4 Å². The summed E-state index contributed by atoms with van der Waals surface area (Å²) >= 11 is 0. The van der Waals surface area contributed by atoms with Crippen LogP contribution in [0.1, 0.15) is 147 Å². The molecule has 5 aliphatic rings. The Labute approximate surface area is 320 Å². The summed E-state index contributed by atoms with van der Waals surface area (Å²) in [6, 6.07) is 12.6. The Morgan fingerprint density at radius 2 is 1.28 bits per heavy atom. The van der Waals surface area contributed by atoms with E-state index in [9.17, 15) is 29.4 Å². The lowest BCUT2D eigenvalue weighted by molar-refractivity contribution is -0.249. The van der Waals surface area contributed by atoms with E-state index < -0.39 is 23.9 Å². The molecule has 0 saturated heterocycles. The molecule has 8 heteroatoms. The first kappa shape index (κ1) is 38.3. The Kier molecular flexibility index (Phi) is 9.49. The van der Waals surface area contributed by atoms with Gasteiger partial charge in [0.05, 0.1) is 28.9 Å². The number of fused-ring (bicyclic) bond motifs is 7. The van der Waals surface area contributed by atoms with Gasteiger partial charge in [-0.3, -0.25) is 0 Å². The van der Waals surface area contributed by atoms with Crippen molar-refractivity contribution in [3.63, 3.8) is 0 Å². The summed E-state index contributed by atoms with van der Waals surface area (Å²) in [7, 11) is 0. The first-order valence-electron chi connectivity index (χ1n) is 20.1. The highest BCUT2D eigenvalue weighted by Gasteiger charge is 2.71. The molecular formula is C46H58O8. The van der Waals surface area contributed by atoms with Gasteiger partial charge in [-0.15, -0.1) is 0 Å². The topological polar surface area (TPSA) is 127 Å². The summed E-state index contributed by atoms with van der Waals surface area (Å²) in [4.78, 5) is 50.7. The first-order valence-corrected chi connectivity index (χ1v) is 20.1. The highest BCUT2D eigenvalue weighted by molar-refractivity contribution is 6.03. The third-order valence-corrected chi connectivity index (χ3v) is 16.7. The second kappa shape index (κ2) is 13.4. The largest absolute Gasteiger partial charge is 0.478 e. The molecule has 7 rings (SSSR count). The summed E-state index contributed by atoms with van der Waals surface area (Å²) in [6.07, 6.45) is 9.77. The molecule has 2 aromatic carbocycles. The van der Waals surface area contributed by atoms with Crippen molar-refractivity contribution in [2.75, 3.05) is 6.61 Å². The summed E-state index contributed by atoms with van der Waals surface area (Å²) in [5.74, 6) is -1.43. The first-order chi connectivity index (χ1) is 25.4. The van der Waals surface area contributed by atoms with E-state index in [0.29, 0.717) is 36.2 Å². The van der Waals surface area contributed by atoms with Crippen LogP contribution in [0.4, 0.5) is 0 Å². The van der Waals surface area contributed by atoms with E-state index in [2.05, 4.69) is 48.1 Å². The number of aromatic carboxylic acids is 2. The van der Waals surface area contributed by atoms with Gasteiger partial charge in [0.15, 0.2) is 0 Å². The number of carbonyl (C=O) groups excluding carboxylic acids is 2. The lowest BCUT2D eigenvalue weighted by Gasteiger charge is -2.73. The molecule has 0 unspecified atom stereocenters. The Morgan fingerprint density at radius 3 is 1.87 bits per heavy atom. The summed E-state index contributed by atoms with van der Waals surface area (Å²) in [6.45, 7) is 19.1. The maximum Gasteiger partial charge on any atom is 0.339 e. The minimum absolute atomic E-state index is 0.0336. The third kappa shape index (κ3) is 5.67. The number of rotatable bonds is 8. The van der Waals surface area contributed by atoms with Gasteiger partial charge >= 0.3 is 23.9 Å². The smallest absolute Gasteiger partial charge is 0.339 e. The summed E-state index contributed by atoms with van der Waals surface area (Å²) in [5, 5.41) is 19.5. The van der Waals surface area contributed by atoms with Crippen LogP contribution < -0.4 is 0 Å². The van der Waals surface area contributed by atoms with Crippen molar-refractivity contribution >= 4 is 23.9 Å². The molecule has 2 aromatic rings.